The summed E-state index contributed by atoms with van der Waals surface area (Å²) in [7, 11) is 0. The Labute approximate surface area is 273 Å². The highest BCUT2D eigenvalue weighted by atomic mass is 16.5. The Kier molecular flexibility index (Phi) is 12.8. The first-order valence-corrected chi connectivity index (χ1v) is 15.7. The SMILES string of the molecule is N[C@@H](CCCCOC(=O)c1ccccc1)C(=O)N/C(=C\c1ccccc1)C(=O)NC(Cc1ccccc1)C(=O)N1CCC[C@@H]1C(=O)O. The third-order valence-electron chi connectivity index (χ3n) is 7.81. The Balaban J connectivity index is 1.42. The Bertz CT molecular complexity index is 1550. The van der Waals surface area contributed by atoms with Gasteiger partial charge in [0.1, 0.15) is 17.8 Å². The average molecular weight is 641 g/mol. The topological polar surface area (TPSA) is 168 Å². The molecule has 0 aliphatic carbocycles. The van der Waals surface area contributed by atoms with Crippen LogP contribution in [-0.4, -0.2) is 70.9 Å². The molecule has 3 aromatic rings. The highest BCUT2D eigenvalue weighted by Crippen LogP contribution is 2.20. The summed E-state index contributed by atoms with van der Waals surface area (Å²) in [4.78, 5) is 65.9. The molecule has 0 radical (unpaired) electrons. The number of rotatable bonds is 15. The van der Waals surface area contributed by atoms with E-state index in [0.29, 0.717) is 36.8 Å². The monoisotopic (exact) mass is 640 g/mol. The quantitative estimate of drug-likeness (QED) is 0.112. The van der Waals surface area contributed by atoms with Crippen LogP contribution in [0.25, 0.3) is 6.08 Å². The summed E-state index contributed by atoms with van der Waals surface area (Å²) in [5.74, 6) is -3.35. The van der Waals surface area contributed by atoms with Crippen molar-refractivity contribution in [1.29, 1.82) is 0 Å². The number of carbonyl (C=O) groups is 5. The molecule has 0 aromatic heterocycles. The molecule has 1 heterocycles. The van der Waals surface area contributed by atoms with Crippen LogP contribution in [0.4, 0.5) is 0 Å². The summed E-state index contributed by atoms with van der Waals surface area (Å²) in [6, 6.07) is 23.6. The molecule has 4 rings (SSSR count). The first-order valence-electron chi connectivity index (χ1n) is 15.7. The molecular weight excluding hydrogens is 600 g/mol. The number of carboxylic acids is 1. The van der Waals surface area contributed by atoms with Crippen LogP contribution >= 0.6 is 0 Å². The summed E-state index contributed by atoms with van der Waals surface area (Å²) in [5.41, 5.74) is 7.91. The van der Waals surface area contributed by atoms with Gasteiger partial charge >= 0.3 is 11.9 Å². The first-order chi connectivity index (χ1) is 22.7. The zero-order valence-electron chi connectivity index (χ0n) is 26.0. The van der Waals surface area contributed by atoms with E-state index < -0.39 is 47.8 Å². The number of ether oxygens (including phenoxy) is 1. The molecule has 1 fully saturated rings. The third-order valence-corrected chi connectivity index (χ3v) is 7.81. The van der Waals surface area contributed by atoms with Crippen LogP contribution in [-0.2, 0) is 30.3 Å². The van der Waals surface area contributed by atoms with Gasteiger partial charge in [-0.05, 0) is 61.4 Å². The Hall–Kier alpha value is -5.29. The van der Waals surface area contributed by atoms with Gasteiger partial charge < -0.3 is 31.1 Å². The zero-order valence-corrected chi connectivity index (χ0v) is 26.0. The van der Waals surface area contributed by atoms with E-state index >= 15 is 0 Å². The van der Waals surface area contributed by atoms with Crippen molar-refractivity contribution in [3.63, 3.8) is 0 Å². The molecule has 47 heavy (non-hydrogen) atoms. The summed E-state index contributed by atoms with van der Waals surface area (Å²) in [6.07, 6.45) is 3.74. The van der Waals surface area contributed by atoms with Crippen molar-refractivity contribution in [2.45, 2.75) is 56.7 Å². The number of hydrogen-bond acceptors (Lipinski definition) is 7. The standard InChI is InChI=1S/C36H40N4O7/c37-28(19-10-11-22-47-36(46)27-17-8-3-9-18-27)32(41)38-29(23-25-13-4-1-5-14-25)33(42)39-30(24-26-15-6-2-7-16-26)34(43)40-21-12-20-31(40)35(44)45/h1-9,13-18,23,28,30-31H,10-12,19-22,24,37H2,(H,38,41)(H,39,42)(H,44,45)/b29-23-/t28-,30?,31+/m0/s1. The normalized spacial score (nSPS) is 15.7. The molecule has 11 heteroatoms. The lowest BCUT2D eigenvalue weighted by molar-refractivity contribution is -0.149. The molecule has 1 saturated heterocycles. The maximum absolute atomic E-state index is 13.8. The minimum atomic E-state index is -1.10. The van der Waals surface area contributed by atoms with Crippen molar-refractivity contribution in [2.75, 3.05) is 13.2 Å². The van der Waals surface area contributed by atoms with E-state index in [1.54, 1.807) is 54.6 Å². The van der Waals surface area contributed by atoms with Gasteiger partial charge in [-0.3, -0.25) is 14.4 Å². The number of nitrogens with two attached hydrogens (primary N) is 1. The molecule has 3 aromatic carbocycles. The average Bonchev–Trinajstić information content (AvgIpc) is 3.59. The lowest BCUT2D eigenvalue weighted by Crippen LogP contribution is -2.54. The molecular formula is C36H40N4O7. The number of unbranched alkanes of at least 4 members (excludes halogenated alkanes) is 1. The van der Waals surface area contributed by atoms with Gasteiger partial charge in [-0.25, -0.2) is 9.59 Å². The van der Waals surface area contributed by atoms with Crippen molar-refractivity contribution < 1.29 is 33.8 Å². The third kappa shape index (κ3) is 10.4. The minimum Gasteiger partial charge on any atom is -0.480 e. The fourth-order valence-corrected chi connectivity index (χ4v) is 5.29. The summed E-state index contributed by atoms with van der Waals surface area (Å²) < 4.78 is 5.28. The van der Waals surface area contributed by atoms with E-state index in [1.807, 2.05) is 36.4 Å². The highest BCUT2D eigenvalue weighted by molar-refractivity contribution is 6.04. The van der Waals surface area contributed by atoms with Crippen LogP contribution in [0.1, 0.15) is 53.6 Å². The van der Waals surface area contributed by atoms with Crippen molar-refractivity contribution in [1.82, 2.24) is 15.5 Å². The van der Waals surface area contributed by atoms with E-state index in [0.717, 1.165) is 5.56 Å². The number of benzene rings is 3. The van der Waals surface area contributed by atoms with E-state index in [-0.39, 0.29) is 31.7 Å². The number of esters is 1. The van der Waals surface area contributed by atoms with E-state index in [4.69, 9.17) is 10.5 Å². The Morgan fingerprint density at radius 2 is 1.55 bits per heavy atom. The molecule has 1 aliphatic heterocycles. The Morgan fingerprint density at radius 1 is 0.915 bits per heavy atom. The maximum atomic E-state index is 13.8. The number of amides is 3. The number of hydrogen-bond donors (Lipinski definition) is 4. The van der Waals surface area contributed by atoms with Crippen molar-refractivity contribution in [2.24, 2.45) is 5.73 Å². The zero-order chi connectivity index (χ0) is 33.6. The van der Waals surface area contributed by atoms with Gasteiger partial charge in [0.15, 0.2) is 0 Å². The van der Waals surface area contributed by atoms with Crippen molar-refractivity contribution in [3.05, 3.63) is 113 Å². The van der Waals surface area contributed by atoms with Gasteiger partial charge in [-0.1, -0.05) is 78.9 Å². The second-order valence-corrected chi connectivity index (χ2v) is 11.3. The number of aliphatic carboxylic acids is 1. The molecule has 0 spiro atoms. The van der Waals surface area contributed by atoms with Crippen LogP contribution in [0.3, 0.4) is 0 Å². The molecule has 3 atom stereocenters. The Morgan fingerprint density at radius 3 is 2.21 bits per heavy atom. The van der Waals surface area contributed by atoms with Gasteiger partial charge in [0, 0.05) is 13.0 Å². The molecule has 0 bridgehead atoms. The number of likely N-dealkylation sites (tertiary alicyclic amines) is 1. The minimum absolute atomic E-state index is 0.115. The van der Waals surface area contributed by atoms with Gasteiger partial charge in [0.2, 0.25) is 11.8 Å². The van der Waals surface area contributed by atoms with Crippen LogP contribution in [0.5, 0.6) is 0 Å². The van der Waals surface area contributed by atoms with Crippen LogP contribution < -0.4 is 16.4 Å². The molecule has 11 nitrogen and oxygen atoms in total. The second-order valence-electron chi connectivity index (χ2n) is 11.3. The van der Waals surface area contributed by atoms with Gasteiger partial charge in [0.25, 0.3) is 5.91 Å². The molecule has 1 unspecified atom stereocenters. The van der Waals surface area contributed by atoms with Gasteiger partial charge in [0.05, 0.1) is 18.2 Å². The van der Waals surface area contributed by atoms with E-state index in [9.17, 15) is 29.1 Å². The van der Waals surface area contributed by atoms with Gasteiger partial charge in [-0.15, -0.1) is 0 Å². The first kappa shape index (κ1) is 34.6. The lowest BCUT2D eigenvalue weighted by atomic mass is 10.0. The fraction of sp³-hybridized carbons (Fsp3) is 0.306. The molecule has 1 aliphatic rings. The van der Waals surface area contributed by atoms with Gasteiger partial charge in [-0.2, -0.15) is 0 Å². The predicted molar refractivity (Wildman–Crippen MR) is 176 cm³/mol. The molecule has 246 valence electrons. The summed E-state index contributed by atoms with van der Waals surface area (Å²) >= 11 is 0. The van der Waals surface area contributed by atoms with Crippen LogP contribution in [0.15, 0.2) is 96.7 Å². The summed E-state index contributed by atoms with van der Waals surface area (Å²) in [5, 5.41) is 15.1. The highest BCUT2D eigenvalue weighted by Gasteiger charge is 2.38. The maximum Gasteiger partial charge on any atom is 0.338 e. The molecule has 5 N–H and O–H groups in total. The molecule has 0 saturated carbocycles. The van der Waals surface area contributed by atoms with E-state index in [2.05, 4.69) is 10.6 Å². The number of nitrogens with one attached hydrogen (secondary N) is 2. The fourth-order valence-electron chi connectivity index (χ4n) is 5.29. The predicted octanol–water partition coefficient (Wildman–Crippen LogP) is 3.30. The second kappa shape index (κ2) is 17.4. The molecule has 3 amide bonds. The van der Waals surface area contributed by atoms with Crippen molar-refractivity contribution >= 4 is 35.7 Å². The number of carboxylic acid groups (broad SMARTS) is 1. The lowest BCUT2D eigenvalue weighted by Gasteiger charge is -2.28. The summed E-state index contributed by atoms with van der Waals surface area (Å²) in [6.45, 7) is 0.431. The smallest absolute Gasteiger partial charge is 0.338 e. The number of nitrogens with zero attached hydrogens (tertiary/aromatic N) is 1. The van der Waals surface area contributed by atoms with Crippen LogP contribution in [0, 0.1) is 0 Å². The largest absolute Gasteiger partial charge is 0.480 e. The van der Waals surface area contributed by atoms with E-state index in [1.165, 1.54) is 11.0 Å². The number of carbonyl (C=O) groups excluding carboxylic acids is 4. The van der Waals surface area contributed by atoms with Crippen LogP contribution in [0.2, 0.25) is 0 Å². The van der Waals surface area contributed by atoms with Crippen molar-refractivity contribution in [3.8, 4) is 0 Å².